The minimum Gasteiger partial charge on any atom is -0.374 e. The molecule has 0 amide bonds. The first-order valence-corrected chi connectivity index (χ1v) is 6.48. The largest absolute Gasteiger partial charge is 0.374 e. The molecule has 3 nitrogen and oxygen atoms in total. The topological polar surface area (TPSA) is 29.0 Å². The van der Waals surface area contributed by atoms with E-state index in [0.717, 1.165) is 18.5 Å². The molecule has 0 unspecified atom stereocenters. The molecule has 1 aromatic heterocycles. The summed E-state index contributed by atoms with van der Waals surface area (Å²) >= 11 is 5.78. The highest BCUT2D eigenvalue weighted by atomic mass is 35.5. The average molecular weight is 278 g/mol. The molecule has 3 rings (SSSR count). The summed E-state index contributed by atoms with van der Waals surface area (Å²) in [5.74, 6) is -0.0763. The number of aryl methyl sites for hydroxylation is 1. The van der Waals surface area contributed by atoms with Crippen molar-refractivity contribution in [3.8, 4) is 11.4 Å². The van der Waals surface area contributed by atoms with Gasteiger partial charge in [-0.2, -0.15) is 0 Å². The number of benzene rings is 1. The average Bonchev–Trinajstić information content (AvgIpc) is 2.76. The van der Waals surface area contributed by atoms with E-state index in [1.807, 2.05) is 12.1 Å². The summed E-state index contributed by atoms with van der Waals surface area (Å²) in [5.41, 5.74) is 3.64. The Morgan fingerprint density at radius 3 is 2.84 bits per heavy atom. The Labute approximate surface area is 116 Å². The Balaban J connectivity index is 2.08. The number of likely N-dealkylation sites (N-methyl/N-ethyl adjacent to an activating group) is 1. The summed E-state index contributed by atoms with van der Waals surface area (Å²) < 4.78 is 13.4. The Kier molecular flexibility index (Phi) is 2.90. The lowest BCUT2D eigenvalue weighted by Gasteiger charge is -2.12. The van der Waals surface area contributed by atoms with E-state index in [4.69, 9.17) is 11.6 Å². The molecule has 2 heterocycles. The first-order valence-electron chi connectivity index (χ1n) is 6.10. The molecule has 0 fully saturated rings. The van der Waals surface area contributed by atoms with Gasteiger partial charge in [0.05, 0.1) is 5.69 Å². The minimum absolute atomic E-state index is 0.125. The van der Waals surface area contributed by atoms with Crippen LogP contribution in [0.2, 0.25) is 5.15 Å². The second kappa shape index (κ2) is 4.46. The normalized spacial score (nSPS) is 13.8. The van der Waals surface area contributed by atoms with Crippen LogP contribution in [-0.2, 0) is 6.42 Å². The van der Waals surface area contributed by atoms with Crippen LogP contribution in [0.25, 0.3) is 11.4 Å². The smallest absolute Gasteiger partial charge is 0.181 e. The Bertz CT molecular complexity index is 634. The number of hydrogen-bond donors (Lipinski definition) is 0. The number of anilines is 1. The fraction of sp³-hybridized carbons (Fsp3) is 0.286. The van der Waals surface area contributed by atoms with E-state index in [1.165, 1.54) is 11.3 Å². The Morgan fingerprint density at radius 2 is 2.11 bits per heavy atom. The first-order chi connectivity index (χ1) is 9.06. The third kappa shape index (κ3) is 2.06. The second-order valence-corrected chi connectivity index (χ2v) is 5.11. The molecule has 2 aromatic rings. The van der Waals surface area contributed by atoms with E-state index in [2.05, 4.69) is 28.0 Å². The van der Waals surface area contributed by atoms with Gasteiger partial charge in [0.2, 0.25) is 0 Å². The van der Waals surface area contributed by atoms with Gasteiger partial charge in [-0.25, -0.2) is 14.4 Å². The van der Waals surface area contributed by atoms with Crippen molar-refractivity contribution in [3.05, 3.63) is 40.4 Å². The summed E-state index contributed by atoms with van der Waals surface area (Å²) in [6.45, 7) is 2.61. The number of halogens is 2. The lowest BCUT2D eigenvalue weighted by molar-refractivity contribution is 0.603. The second-order valence-electron chi connectivity index (χ2n) is 4.75. The van der Waals surface area contributed by atoms with E-state index in [9.17, 15) is 4.39 Å². The highest BCUT2D eigenvalue weighted by Gasteiger charge is 2.17. The SMILES string of the molecule is Cc1nc(-c2ccc3c(c2)CCN3C)nc(Cl)c1F. The third-order valence-corrected chi connectivity index (χ3v) is 3.69. The predicted molar refractivity (Wildman–Crippen MR) is 74.1 cm³/mol. The van der Waals surface area contributed by atoms with Crippen molar-refractivity contribution in [3.63, 3.8) is 0 Å². The van der Waals surface area contributed by atoms with E-state index >= 15 is 0 Å². The number of nitrogens with zero attached hydrogens (tertiary/aromatic N) is 3. The molecule has 0 aliphatic carbocycles. The predicted octanol–water partition coefficient (Wildman–Crippen LogP) is 3.24. The molecule has 1 aliphatic heterocycles. The summed E-state index contributed by atoms with van der Waals surface area (Å²) in [5, 5.41) is -0.125. The van der Waals surface area contributed by atoms with Crippen LogP contribution in [0.1, 0.15) is 11.3 Å². The monoisotopic (exact) mass is 277 g/mol. The molecule has 0 saturated heterocycles. The molecule has 0 saturated carbocycles. The van der Waals surface area contributed by atoms with Gasteiger partial charge >= 0.3 is 0 Å². The van der Waals surface area contributed by atoms with Crippen LogP contribution in [0.15, 0.2) is 18.2 Å². The summed E-state index contributed by atoms with van der Waals surface area (Å²) in [7, 11) is 2.07. The Morgan fingerprint density at radius 1 is 1.32 bits per heavy atom. The molecule has 0 atom stereocenters. The van der Waals surface area contributed by atoms with Gasteiger partial charge in [-0.05, 0) is 37.1 Å². The zero-order valence-corrected chi connectivity index (χ0v) is 11.5. The van der Waals surface area contributed by atoms with Crippen LogP contribution in [0.3, 0.4) is 0 Å². The molecule has 0 N–H and O–H groups in total. The van der Waals surface area contributed by atoms with Crippen LogP contribution in [0.4, 0.5) is 10.1 Å². The fourth-order valence-corrected chi connectivity index (χ4v) is 2.58. The van der Waals surface area contributed by atoms with Gasteiger partial charge in [-0.1, -0.05) is 11.6 Å². The van der Waals surface area contributed by atoms with Crippen molar-refractivity contribution in [2.24, 2.45) is 0 Å². The van der Waals surface area contributed by atoms with E-state index in [1.54, 1.807) is 6.92 Å². The van der Waals surface area contributed by atoms with Crippen LogP contribution >= 0.6 is 11.6 Å². The van der Waals surface area contributed by atoms with E-state index < -0.39 is 5.82 Å². The van der Waals surface area contributed by atoms with Crippen molar-refractivity contribution in [1.82, 2.24) is 9.97 Å². The van der Waals surface area contributed by atoms with Crippen LogP contribution in [-0.4, -0.2) is 23.6 Å². The van der Waals surface area contributed by atoms with Crippen molar-refractivity contribution >= 4 is 17.3 Å². The maximum atomic E-state index is 13.4. The van der Waals surface area contributed by atoms with Crippen molar-refractivity contribution < 1.29 is 4.39 Å². The van der Waals surface area contributed by atoms with Crippen LogP contribution < -0.4 is 4.90 Å². The van der Waals surface area contributed by atoms with E-state index in [0.29, 0.717) is 5.82 Å². The van der Waals surface area contributed by atoms with Gasteiger partial charge in [0.1, 0.15) is 0 Å². The zero-order chi connectivity index (χ0) is 13.6. The number of hydrogen-bond acceptors (Lipinski definition) is 3. The van der Waals surface area contributed by atoms with Crippen molar-refractivity contribution in [1.29, 1.82) is 0 Å². The van der Waals surface area contributed by atoms with Gasteiger partial charge in [0.15, 0.2) is 16.8 Å². The fourth-order valence-electron chi connectivity index (χ4n) is 2.36. The van der Waals surface area contributed by atoms with Gasteiger partial charge in [-0.15, -0.1) is 0 Å². The molecular formula is C14H13ClFN3. The lowest BCUT2D eigenvalue weighted by Crippen LogP contribution is -2.12. The Hall–Kier alpha value is -1.68. The standard InChI is InChI=1S/C14H13ClFN3/c1-8-12(16)13(15)18-14(17-8)10-3-4-11-9(7-10)5-6-19(11)2/h3-4,7H,5-6H2,1-2H3. The minimum atomic E-state index is -0.550. The van der Waals surface area contributed by atoms with Gasteiger partial charge < -0.3 is 4.90 Å². The molecule has 1 aliphatic rings. The maximum Gasteiger partial charge on any atom is 0.181 e. The molecule has 5 heteroatoms. The van der Waals surface area contributed by atoms with Gasteiger partial charge in [-0.3, -0.25) is 0 Å². The quantitative estimate of drug-likeness (QED) is 0.750. The molecule has 0 spiro atoms. The molecule has 0 radical (unpaired) electrons. The lowest BCUT2D eigenvalue weighted by atomic mass is 10.1. The van der Waals surface area contributed by atoms with Crippen molar-refractivity contribution in [2.45, 2.75) is 13.3 Å². The van der Waals surface area contributed by atoms with E-state index in [-0.39, 0.29) is 10.8 Å². The van der Waals surface area contributed by atoms with Crippen LogP contribution in [0.5, 0.6) is 0 Å². The van der Waals surface area contributed by atoms with Crippen LogP contribution in [0, 0.1) is 12.7 Å². The highest BCUT2D eigenvalue weighted by molar-refractivity contribution is 6.29. The maximum absolute atomic E-state index is 13.4. The summed E-state index contributed by atoms with van der Waals surface area (Å²) in [6, 6.07) is 6.05. The summed E-state index contributed by atoms with van der Waals surface area (Å²) in [4.78, 5) is 10.4. The van der Waals surface area contributed by atoms with Crippen molar-refractivity contribution in [2.75, 3.05) is 18.5 Å². The third-order valence-electron chi connectivity index (χ3n) is 3.44. The van der Waals surface area contributed by atoms with Gasteiger partial charge in [0, 0.05) is 24.8 Å². The number of rotatable bonds is 1. The molecule has 0 bridgehead atoms. The molecular weight excluding hydrogens is 265 g/mol. The number of fused-ring (bicyclic) bond motifs is 1. The van der Waals surface area contributed by atoms with Gasteiger partial charge in [0.25, 0.3) is 0 Å². The molecule has 1 aromatic carbocycles. The first kappa shape index (κ1) is 12.4. The molecule has 98 valence electrons. The summed E-state index contributed by atoms with van der Waals surface area (Å²) in [6.07, 6.45) is 1.01. The highest BCUT2D eigenvalue weighted by Crippen LogP contribution is 2.30. The zero-order valence-electron chi connectivity index (χ0n) is 10.7. The molecule has 19 heavy (non-hydrogen) atoms. The number of aromatic nitrogens is 2.